The van der Waals surface area contributed by atoms with Crippen molar-refractivity contribution in [3.8, 4) is 0 Å². The zero-order valence-corrected chi connectivity index (χ0v) is 12.2. The van der Waals surface area contributed by atoms with Crippen LogP contribution >= 0.6 is 0 Å². The first-order valence-corrected chi connectivity index (χ1v) is 6.40. The molecule has 0 fully saturated rings. The normalized spacial score (nSPS) is 10.4. The Morgan fingerprint density at radius 3 is 2.50 bits per heavy atom. The smallest absolute Gasteiger partial charge is 0.166 e. The molecule has 0 spiro atoms. The van der Waals surface area contributed by atoms with E-state index in [9.17, 15) is 0 Å². The number of nitrogens with one attached hydrogen (secondary N) is 1. The highest BCUT2D eigenvalue weighted by atomic mass is 15.3. The molecule has 0 amide bonds. The maximum Gasteiger partial charge on any atom is 0.166 e. The second kappa shape index (κ2) is 5.28. The standard InChI is InChI=1S/C15H19N5/c1-9-6-5-7-12(8-9)20(4)15-13(14(16)17)10(2)11(3)18-19-15/h5-8H,1-4H3,(H3,16,17). The first-order chi connectivity index (χ1) is 9.41. The fourth-order valence-electron chi connectivity index (χ4n) is 2.11. The van der Waals surface area contributed by atoms with Crippen LogP contribution in [-0.4, -0.2) is 23.1 Å². The second-order valence-corrected chi connectivity index (χ2v) is 4.92. The molecule has 0 aliphatic carbocycles. The number of aromatic nitrogens is 2. The van der Waals surface area contributed by atoms with Crippen molar-refractivity contribution in [2.45, 2.75) is 20.8 Å². The number of hydrogen-bond donors (Lipinski definition) is 2. The summed E-state index contributed by atoms with van der Waals surface area (Å²) in [5.74, 6) is 0.612. The van der Waals surface area contributed by atoms with E-state index < -0.39 is 0 Å². The molecule has 0 aliphatic heterocycles. The van der Waals surface area contributed by atoms with E-state index >= 15 is 0 Å². The number of aryl methyl sites for hydroxylation is 2. The van der Waals surface area contributed by atoms with Gasteiger partial charge in [0.15, 0.2) is 5.82 Å². The van der Waals surface area contributed by atoms with E-state index in [-0.39, 0.29) is 5.84 Å². The molecule has 0 atom stereocenters. The molecule has 0 saturated carbocycles. The summed E-state index contributed by atoms with van der Waals surface area (Å²) in [6.45, 7) is 5.81. The van der Waals surface area contributed by atoms with Crippen molar-refractivity contribution in [2.24, 2.45) is 5.73 Å². The molecule has 104 valence electrons. The molecule has 5 nitrogen and oxygen atoms in total. The summed E-state index contributed by atoms with van der Waals surface area (Å²) < 4.78 is 0. The second-order valence-electron chi connectivity index (χ2n) is 4.92. The van der Waals surface area contributed by atoms with E-state index in [0.29, 0.717) is 11.4 Å². The van der Waals surface area contributed by atoms with Gasteiger partial charge in [0.05, 0.1) is 11.3 Å². The molecule has 0 aliphatic rings. The van der Waals surface area contributed by atoms with Crippen molar-refractivity contribution in [3.63, 3.8) is 0 Å². The van der Waals surface area contributed by atoms with Gasteiger partial charge in [0.25, 0.3) is 0 Å². The van der Waals surface area contributed by atoms with Gasteiger partial charge in [-0.25, -0.2) is 0 Å². The molecule has 1 aromatic carbocycles. The van der Waals surface area contributed by atoms with Gasteiger partial charge in [0.2, 0.25) is 0 Å². The van der Waals surface area contributed by atoms with Crippen LogP contribution in [0.25, 0.3) is 0 Å². The fourth-order valence-corrected chi connectivity index (χ4v) is 2.11. The van der Waals surface area contributed by atoms with Gasteiger partial charge in [-0.2, -0.15) is 5.10 Å². The molecule has 1 aromatic heterocycles. The van der Waals surface area contributed by atoms with Crippen LogP contribution in [0, 0.1) is 26.2 Å². The van der Waals surface area contributed by atoms with E-state index in [0.717, 1.165) is 22.5 Å². The van der Waals surface area contributed by atoms with Gasteiger partial charge >= 0.3 is 0 Å². The van der Waals surface area contributed by atoms with E-state index in [1.165, 1.54) is 0 Å². The number of rotatable bonds is 3. The summed E-state index contributed by atoms with van der Waals surface area (Å²) in [7, 11) is 1.90. The lowest BCUT2D eigenvalue weighted by Gasteiger charge is -2.22. The van der Waals surface area contributed by atoms with Crippen LogP contribution in [0.4, 0.5) is 11.5 Å². The van der Waals surface area contributed by atoms with Gasteiger partial charge in [-0.1, -0.05) is 12.1 Å². The zero-order chi connectivity index (χ0) is 14.9. The lowest BCUT2D eigenvalue weighted by molar-refractivity contribution is 0.930. The number of nitrogens with two attached hydrogens (primary N) is 1. The first-order valence-electron chi connectivity index (χ1n) is 6.40. The molecular weight excluding hydrogens is 250 g/mol. The highest BCUT2D eigenvalue weighted by molar-refractivity contribution is 6.01. The minimum atomic E-state index is 0.00926. The van der Waals surface area contributed by atoms with Crippen molar-refractivity contribution in [2.75, 3.05) is 11.9 Å². The Hall–Kier alpha value is -2.43. The Morgan fingerprint density at radius 1 is 1.20 bits per heavy atom. The third kappa shape index (κ3) is 2.47. The zero-order valence-electron chi connectivity index (χ0n) is 12.2. The van der Waals surface area contributed by atoms with Crippen LogP contribution < -0.4 is 10.6 Å². The molecule has 0 unspecified atom stereocenters. The fraction of sp³-hybridized carbons (Fsp3) is 0.267. The highest BCUT2D eigenvalue weighted by Crippen LogP contribution is 2.27. The lowest BCUT2D eigenvalue weighted by atomic mass is 10.1. The largest absolute Gasteiger partial charge is 0.384 e. The third-order valence-corrected chi connectivity index (χ3v) is 3.41. The quantitative estimate of drug-likeness (QED) is 0.662. The van der Waals surface area contributed by atoms with Crippen LogP contribution in [-0.2, 0) is 0 Å². The van der Waals surface area contributed by atoms with Gasteiger partial charge in [0.1, 0.15) is 5.84 Å². The minimum Gasteiger partial charge on any atom is -0.384 e. The van der Waals surface area contributed by atoms with Crippen LogP contribution in [0.3, 0.4) is 0 Å². The van der Waals surface area contributed by atoms with Crippen LogP contribution in [0.2, 0.25) is 0 Å². The number of nitrogens with zero attached hydrogens (tertiary/aromatic N) is 3. The van der Waals surface area contributed by atoms with Crippen molar-refractivity contribution in [1.82, 2.24) is 10.2 Å². The van der Waals surface area contributed by atoms with Crippen molar-refractivity contribution in [1.29, 1.82) is 5.41 Å². The summed E-state index contributed by atoms with van der Waals surface area (Å²) in [4.78, 5) is 1.91. The Balaban J connectivity index is 2.58. The van der Waals surface area contributed by atoms with E-state index in [2.05, 4.69) is 16.3 Å². The van der Waals surface area contributed by atoms with Crippen molar-refractivity contribution in [3.05, 3.63) is 46.6 Å². The topological polar surface area (TPSA) is 78.9 Å². The number of benzene rings is 1. The van der Waals surface area contributed by atoms with Gasteiger partial charge in [0, 0.05) is 12.7 Å². The molecule has 0 radical (unpaired) electrons. The molecular formula is C15H19N5. The minimum absolute atomic E-state index is 0.00926. The maximum absolute atomic E-state index is 7.80. The molecule has 2 aromatic rings. The third-order valence-electron chi connectivity index (χ3n) is 3.41. The predicted molar refractivity (Wildman–Crippen MR) is 81.8 cm³/mol. The molecule has 1 heterocycles. The average molecular weight is 269 g/mol. The molecule has 5 heteroatoms. The van der Waals surface area contributed by atoms with Crippen molar-refractivity contribution >= 4 is 17.3 Å². The van der Waals surface area contributed by atoms with Crippen LogP contribution in [0.15, 0.2) is 24.3 Å². The SMILES string of the molecule is Cc1cccc(N(C)c2nnc(C)c(C)c2C(=N)N)c1. The van der Waals surface area contributed by atoms with E-state index in [1.54, 1.807) is 0 Å². The Morgan fingerprint density at radius 2 is 1.90 bits per heavy atom. The molecule has 20 heavy (non-hydrogen) atoms. The number of anilines is 2. The molecule has 2 rings (SSSR count). The van der Waals surface area contributed by atoms with Gasteiger partial charge < -0.3 is 10.6 Å². The van der Waals surface area contributed by atoms with Gasteiger partial charge in [-0.05, 0) is 44.0 Å². The number of hydrogen-bond acceptors (Lipinski definition) is 4. The van der Waals surface area contributed by atoms with Crippen LogP contribution in [0.1, 0.15) is 22.4 Å². The summed E-state index contributed by atoms with van der Waals surface area (Å²) >= 11 is 0. The first kappa shape index (κ1) is 14.0. The maximum atomic E-state index is 7.80. The predicted octanol–water partition coefficient (Wildman–Crippen LogP) is 2.45. The summed E-state index contributed by atoms with van der Waals surface area (Å²) in [6.07, 6.45) is 0. The summed E-state index contributed by atoms with van der Waals surface area (Å²) in [5, 5.41) is 16.2. The van der Waals surface area contributed by atoms with E-state index in [1.807, 2.05) is 50.9 Å². The van der Waals surface area contributed by atoms with Gasteiger partial charge in [-0.3, -0.25) is 5.41 Å². The molecule has 0 bridgehead atoms. The average Bonchev–Trinajstić information content (AvgIpc) is 2.40. The van der Waals surface area contributed by atoms with Crippen molar-refractivity contribution < 1.29 is 0 Å². The summed E-state index contributed by atoms with van der Waals surface area (Å²) in [6, 6.07) is 8.08. The monoisotopic (exact) mass is 269 g/mol. The van der Waals surface area contributed by atoms with Gasteiger partial charge in [-0.15, -0.1) is 5.10 Å². The molecule has 0 saturated heterocycles. The summed E-state index contributed by atoms with van der Waals surface area (Å²) in [5.41, 5.74) is 10.2. The molecule has 3 N–H and O–H groups in total. The highest BCUT2D eigenvalue weighted by Gasteiger charge is 2.18. The Labute approximate surface area is 119 Å². The Bertz CT molecular complexity index is 663. The number of nitrogen functional groups attached to an aromatic ring is 1. The Kier molecular flexibility index (Phi) is 3.70. The number of amidine groups is 1. The van der Waals surface area contributed by atoms with Crippen LogP contribution in [0.5, 0.6) is 0 Å². The lowest BCUT2D eigenvalue weighted by Crippen LogP contribution is -2.22. The van der Waals surface area contributed by atoms with E-state index in [4.69, 9.17) is 11.1 Å².